The van der Waals surface area contributed by atoms with Crippen LogP contribution < -0.4 is 4.74 Å². The lowest BCUT2D eigenvalue weighted by atomic mass is 10.1. The van der Waals surface area contributed by atoms with E-state index in [0.717, 1.165) is 18.4 Å². The number of nitrogens with zero attached hydrogens (tertiary/aromatic N) is 1. The Bertz CT molecular complexity index is 857. The van der Waals surface area contributed by atoms with Crippen molar-refractivity contribution in [3.63, 3.8) is 0 Å². The van der Waals surface area contributed by atoms with E-state index in [1.54, 1.807) is 24.3 Å². The van der Waals surface area contributed by atoms with Gasteiger partial charge < -0.3 is 14.2 Å². The van der Waals surface area contributed by atoms with Crippen molar-refractivity contribution in [2.24, 2.45) is 0 Å². The molecular formula is C24H29NO5. The highest BCUT2D eigenvalue weighted by Gasteiger charge is 2.40. The van der Waals surface area contributed by atoms with Crippen molar-refractivity contribution in [2.75, 3.05) is 13.7 Å². The van der Waals surface area contributed by atoms with Gasteiger partial charge >= 0.3 is 12.1 Å². The summed E-state index contributed by atoms with van der Waals surface area (Å²) >= 11 is 0. The van der Waals surface area contributed by atoms with Crippen LogP contribution in [0, 0.1) is 0 Å². The average Bonchev–Trinajstić information content (AvgIpc) is 3.15. The van der Waals surface area contributed by atoms with Crippen LogP contribution in [0.2, 0.25) is 0 Å². The van der Waals surface area contributed by atoms with Crippen LogP contribution in [0.5, 0.6) is 5.75 Å². The van der Waals surface area contributed by atoms with Gasteiger partial charge in [-0.25, -0.2) is 9.59 Å². The molecule has 1 fully saturated rings. The Hall–Kier alpha value is -3.02. The maximum absolute atomic E-state index is 13.0. The molecule has 2 atom stereocenters. The quantitative estimate of drug-likeness (QED) is 0.649. The minimum Gasteiger partial charge on any atom is -0.491 e. The van der Waals surface area contributed by atoms with Gasteiger partial charge in [-0.3, -0.25) is 4.90 Å². The smallest absolute Gasteiger partial charge is 0.411 e. The number of carbonyl (C=O) groups is 2. The van der Waals surface area contributed by atoms with E-state index in [-0.39, 0.29) is 24.1 Å². The van der Waals surface area contributed by atoms with E-state index in [1.807, 2.05) is 56.0 Å². The standard InChI is InChI=1S/C24H29NO5/c1-24(2,3)30-23(27)25-19(12-15-21(25)17-8-6-5-7-9-17)16-29-20-13-10-18(11-14-20)22(26)28-4/h5-11,13-14,19,21H,12,15-16H2,1-4H3/t19-,21+/m0/s1. The summed E-state index contributed by atoms with van der Waals surface area (Å²) in [6.07, 6.45) is 1.33. The first-order chi connectivity index (χ1) is 14.3. The molecule has 3 rings (SSSR count). The third-order valence-electron chi connectivity index (χ3n) is 5.01. The molecule has 0 aromatic heterocycles. The number of hydrogen-bond acceptors (Lipinski definition) is 5. The van der Waals surface area contributed by atoms with E-state index in [0.29, 0.717) is 17.9 Å². The Labute approximate surface area is 177 Å². The molecule has 1 amide bonds. The predicted molar refractivity (Wildman–Crippen MR) is 114 cm³/mol. The van der Waals surface area contributed by atoms with E-state index in [1.165, 1.54) is 7.11 Å². The number of rotatable bonds is 5. The molecule has 1 heterocycles. The van der Waals surface area contributed by atoms with Crippen LogP contribution in [0.3, 0.4) is 0 Å². The SMILES string of the molecule is COC(=O)c1ccc(OC[C@@H]2CC[C@H](c3ccccc3)N2C(=O)OC(C)(C)C)cc1. The lowest BCUT2D eigenvalue weighted by Crippen LogP contribution is -2.43. The van der Waals surface area contributed by atoms with Crippen molar-refractivity contribution in [3.8, 4) is 5.75 Å². The van der Waals surface area contributed by atoms with Crippen LogP contribution in [0.15, 0.2) is 54.6 Å². The summed E-state index contributed by atoms with van der Waals surface area (Å²) in [4.78, 5) is 26.4. The van der Waals surface area contributed by atoms with Gasteiger partial charge in [-0.2, -0.15) is 0 Å². The van der Waals surface area contributed by atoms with Gasteiger partial charge in [-0.05, 0) is 63.4 Å². The molecule has 0 aliphatic carbocycles. The average molecular weight is 411 g/mol. The lowest BCUT2D eigenvalue weighted by molar-refractivity contribution is 0.00992. The van der Waals surface area contributed by atoms with E-state index in [2.05, 4.69) is 0 Å². The summed E-state index contributed by atoms with van der Waals surface area (Å²) < 4.78 is 16.4. The number of benzene rings is 2. The zero-order chi connectivity index (χ0) is 21.7. The highest BCUT2D eigenvalue weighted by atomic mass is 16.6. The molecule has 1 aliphatic heterocycles. The summed E-state index contributed by atoms with van der Waals surface area (Å²) in [5, 5.41) is 0. The third kappa shape index (κ3) is 5.32. The molecule has 2 aromatic rings. The minimum absolute atomic E-state index is 0.0450. The summed E-state index contributed by atoms with van der Waals surface area (Å²) in [5.74, 6) is 0.245. The Balaban J connectivity index is 1.73. The topological polar surface area (TPSA) is 65.1 Å². The molecule has 0 bridgehead atoms. The van der Waals surface area contributed by atoms with E-state index >= 15 is 0 Å². The number of ether oxygens (including phenoxy) is 3. The fourth-order valence-electron chi connectivity index (χ4n) is 3.64. The lowest BCUT2D eigenvalue weighted by Gasteiger charge is -2.32. The van der Waals surface area contributed by atoms with E-state index < -0.39 is 5.60 Å². The normalized spacial score (nSPS) is 18.7. The van der Waals surface area contributed by atoms with Crippen molar-refractivity contribution in [1.29, 1.82) is 0 Å². The van der Waals surface area contributed by atoms with E-state index in [4.69, 9.17) is 14.2 Å². The van der Waals surface area contributed by atoms with Crippen LogP contribution in [-0.2, 0) is 9.47 Å². The first kappa shape index (κ1) is 21.7. The number of likely N-dealkylation sites (tertiary alicyclic amines) is 1. The van der Waals surface area contributed by atoms with Crippen LogP contribution in [-0.4, -0.2) is 42.3 Å². The van der Waals surface area contributed by atoms with Gasteiger partial charge in [-0.15, -0.1) is 0 Å². The monoisotopic (exact) mass is 411 g/mol. The molecule has 6 nitrogen and oxygen atoms in total. The summed E-state index contributed by atoms with van der Waals surface area (Å²) in [6.45, 7) is 5.95. The van der Waals surface area contributed by atoms with Crippen molar-refractivity contribution in [2.45, 2.75) is 51.3 Å². The maximum atomic E-state index is 13.0. The Morgan fingerprint density at radius 1 is 1.00 bits per heavy atom. The number of esters is 1. The Kier molecular flexibility index (Phi) is 6.65. The predicted octanol–water partition coefficient (Wildman–Crippen LogP) is 4.99. The summed E-state index contributed by atoms with van der Waals surface area (Å²) in [5.41, 5.74) is 0.981. The molecule has 6 heteroatoms. The molecule has 0 N–H and O–H groups in total. The molecule has 1 saturated heterocycles. The van der Waals surface area contributed by atoms with Gasteiger partial charge in [0.05, 0.1) is 24.8 Å². The summed E-state index contributed by atoms with van der Waals surface area (Å²) in [6, 6.07) is 16.6. The first-order valence-electron chi connectivity index (χ1n) is 10.2. The minimum atomic E-state index is -0.573. The van der Waals surface area contributed by atoms with Crippen LogP contribution in [0.4, 0.5) is 4.79 Å². The van der Waals surface area contributed by atoms with Crippen molar-refractivity contribution >= 4 is 12.1 Å². The van der Waals surface area contributed by atoms with Gasteiger partial charge in [0.2, 0.25) is 0 Å². The van der Waals surface area contributed by atoms with Crippen molar-refractivity contribution < 1.29 is 23.8 Å². The molecule has 2 aromatic carbocycles. The van der Waals surface area contributed by atoms with Gasteiger partial charge in [0.1, 0.15) is 18.0 Å². The molecule has 1 aliphatic rings. The summed E-state index contributed by atoms with van der Waals surface area (Å²) in [7, 11) is 1.35. The second-order valence-electron chi connectivity index (χ2n) is 8.37. The second kappa shape index (κ2) is 9.20. The molecule has 30 heavy (non-hydrogen) atoms. The van der Waals surface area contributed by atoms with Gasteiger partial charge in [0.25, 0.3) is 0 Å². The largest absolute Gasteiger partial charge is 0.491 e. The zero-order valence-electron chi connectivity index (χ0n) is 18.0. The fourth-order valence-corrected chi connectivity index (χ4v) is 3.64. The fraction of sp³-hybridized carbons (Fsp3) is 0.417. The van der Waals surface area contributed by atoms with Crippen molar-refractivity contribution in [1.82, 2.24) is 4.90 Å². The van der Waals surface area contributed by atoms with E-state index in [9.17, 15) is 9.59 Å². The number of amides is 1. The Morgan fingerprint density at radius 3 is 2.27 bits per heavy atom. The molecule has 0 saturated carbocycles. The first-order valence-corrected chi connectivity index (χ1v) is 10.2. The molecule has 0 unspecified atom stereocenters. The van der Waals surface area contributed by atoms with Crippen LogP contribution in [0.25, 0.3) is 0 Å². The number of methoxy groups -OCH3 is 1. The van der Waals surface area contributed by atoms with Gasteiger partial charge in [0.15, 0.2) is 0 Å². The molecule has 160 valence electrons. The molecular weight excluding hydrogens is 382 g/mol. The zero-order valence-corrected chi connectivity index (χ0v) is 18.0. The third-order valence-corrected chi connectivity index (χ3v) is 5.01. The second-order valence-corrected chi connectivity index (χ2v) is 8.37. The van der Waals surface area contributed by atoms with Crippen molar-refractivity contribution in [3.05, 3.63) is 65.7 Å². The highest BCUT2D eigenvalue weighted by Crippen LogP contribution is 2.37. The van der Waals surface area contributed by atoms with Crippen LogP contribution >= 0.6 is 0 Å². The maximum Gasteiger partial charge on any atom is 0.411 e. The molecule has 0 radical (unpaired) electrons. The van der Waals surface area contributed by atoms with Gasteiger partial charge in [0, 0.05) is 0 Å². The number of hydrogen-bond donors (Lipinski definition) is 0. The van der Waals surface area contributed by atoms with Gasteiger partial charge in [-0.1, -0.05) is 30.3 Å². The number of carbonyl (C=O) groups excluding carboxylic acids is 2. The molecule has 0 spiro atoms. The highest BCUT2D eigenvalue weighted by molar-refractivity contribution is 5.89. The van der Waals surface area contributed by atoms with Crippen LogP contribution in [0.1, 0.15) is 55.6 Å². The Morgan fingerprint density at radius 2 is 1.67 bits per heavy atom.